The molecule has 2 nitrogen and oxygen atoms in total. The average molecular weight is 266 g/mol. The minimum absolute atomic E-state index is 0.235. The SMILES string of the molecule is O=C(O)CCC/C=C/C=C/c1ccc2ccccc2c1. The number of carbonyl (C=O) groups is 1. The van der Waals surface area contributed by atoms with Crippen molar-refractivity contribution in [1.82, 2.24) is 0 Å². The van der Waals surface area contributed by atoms with Crippen molar-refractivity contribution in [3.8, 4) is 0 Å². The van der Waals surface area contributed by atoms with Crippen molar-refractivity contribution in [2.75, 3.05) is 0 Å². The van der Waals surface area contributed by atoms with Gasteiger partial charge >= 0.3 is 5.97 Å². The van der Waals surface area contributed by atoms with Crippen LogP contribution < -0.4 is 0 Å². The topological polar surface area (TPSA) is 37.3 Å². The summed E-state index contributed by atoms with van der Waals surface area (Å²) in [5.74, 6) is -0.731. The third-order valence-electron chi connectivity index (χ3n) is 3.07. The van der Waals surface area contributed by atoms with Crippen LogP contribution in [0.2, 0.25) is 0 Å². The predicted octanol–water partition coefficient (Wildman–Crippen LogP) is 4.66. The van der Waals surface area contributed by atoms with Gasteiger partial charge < -0.3 is 5.11 Å². The molecule has 2 heteroatoms. The molecule has 0 aliphatic rings. The molecule has 0 saturated heterocycles. The second-order valence-corrected chi connectivity index (χ2v) is 4.68. The highest BCUT2D eigenvalue weighted by molar-refractivity contribution is 5.84. The van der Waals surface area contributed by atoms with E-state index in [2.05, 4.69) is 36.4 Å². The van der Waals surface area contributed by atoms with Crippen LogP contribution in [0.4, 0.5) is 0 Å². The summed E-state index contributed by atoms with van der Waals surface area (Å²) in [6, 6.07) is 14.7. The van der Waals surface area contributed by atoms with Gasteiger partial charge in [0.15, 0.2) is 0 Å². The first-order valence-corrected chi connectivity index (χ1v) is 6.79. The molecule has 0 atom stereocenters. The minimum atomic E-state index is -0.731. The Morgan fingerprint density at radius 2 is 1.85 bits per heavy atom. The summed E-state index contributed by atoms with van der Waals surface area (Å²) in [4.78, 5) is 10.3. The van der Waals surface area contributed by atoms with E-state index in [1.165, 1.54) is 16.3 Å². The number of hydrogen-bond acceptors (Lipinski definition) is 1. The molecule has 0 fully saturated rings. The second-order valence-electron chi connectivity index (χ2n) is 4.68. The highest BCUT2D eigenvalue weighted by Crippen LogP contribution is 2.16. The predicted molar refractivity (Wildman–Crippen MR) is 83.6 cm³/mol. The zero-order valence-corrected chi connectivity index (χ0v) is 11.3. The lowest BCUT2D eigenvalue weighted by atomic mass is 10.1. The molecule has 2 aromatic rings. The molecule has 0 aliphatic carbocycles. The molecule has 0 bridgehead atoms. The van der Waals surface area contributed by atoms with Gasteiger partial charge in [-0.3, -0.25) is 4.79 Å². The van der Waals surface area contributed by atoms with Crippen molar-refractivity contribution in [2.45, 2.75) is 19.3 Å². The first-order valence-electron chi connectivity index (χ1n) is 6.79. The number of benzene rings is 2. The maximum atomic E-state index is 10.3. The van der Waals surface area contributed by atoms with Gasteiger partial charge in [0.1, 0.15) is 0 Å². The summed E-state index contributed by atoms with van der Waals surface area (Å²) in [7, 11) is 0. The number of carboxylic acid groups (broad SMARTS) is 1. The molecular weight excluding hydrogens is 248 g/mol. The maximum absolute atomic E-state index is 10.3. The fourth-order valence-corrected chi connectivity index (χ4v) is 2.02. The van der Waals surface area contributed by atoms with Crippen LogP contribution in [0.15, 0.2) is 60.7 Å². The molecule has 0 unspecified atom stereocenters. The van der Waals surface area contributed by atoms with Crippen LogP contribution in [0.25, 0.3) is 16.8 Å². The van der Waals surface area contributed by atoms with Crippen LogP contribution in [-0.4, -0.2) is 11.1 Å². The molecule has 0 radical (unpaired) electrons. The number of carboxylic acids is 1. The number of aliphatic carboxylic acids is 1. The van der Waals surface area contributed by atoms with E-state index < -0.39 is 5.97 Å². The molecule has 102 valence electrons. The van der Waals surface area contributed by atoms with Crippen LogP contribution in [-0.2, 0) is 4.79 Å². The number of hydrogen-bond donors (Lipinski definition) is 1. The molecule has 0 spiro atoms. The smallest absolute Gasteiger partial charge is 0.303 e. The highest BCUT2D eigenvalue weighted by atomic mass is 16.4. The molecule has 0 saturated carbocycles. The van der Waals surface area contributed by atoms with Crippen molar-refractivity contribution >= 4 is 22.8 Å². The number of unbranched alkanes of at least 4 members (excludes halogenated alkanes) is 1. The Labute approximate surface area is 119 Å². The Morgan fingerprint density at radius 3 is 2.65 bits per heavy atom. The van der Waals surface area contributed by atoms with E-state index in [-0.39, 0.29) is 6.42 Å². The van der Waals surface area contributed by atoms with E-state index in [4.69, 9.17) is 5.11 Å². The Kier molecular flexibility index (Phi) is 5.13. The summed E-state index contributed by atoms with van der Waals surface area (Å²) in [5, 5.41) is 11.0. The molecule has 2 rings (SSSR count). The van der Waals surface area contributed by atoms with E-state index >= 15 is 0 Å². The third kappa shape index (κ3) is 4.39. The van der Waals surface area contributed by atoms with Crippen molar-refractivity contribution in [2.24, 2.45) is 0 Å². The standard InChI is InChI=1S/C18H18O2/c19-18(20)11-5-3-1-2-4-8-15-12-13-16-9-6-7-10-17(16)14-15/h1-2,4,6-10,12-14H,3,5,11H2,(H,19,20)/b2-1+,8-4+. The average Bonchev–Trinajstić information content (AvgIpc) is 2.46. The van der Waals surface area contributed by atoms with Gasteiger partial charge in [-0.2, -0.15) is 0 Å². The van der Waals surface area contributed by atoms with Gasteiger partial charge in [-0.1, -0.05) is 60.7 Å². The van der Waals surface area contributed by atoms with E-state index in [0.29, 0.717) is 6.42 Å². The quantitative estimate of drug-likeness (QED) is 0.609. The largest absolute Gasteiger partial charge is 0.481 e. The molecule has 0 heterocycles. The Morgan fingerprint density at radius 1 is 1.05 bits per heavy atom. The molecular formula is C18H18O2. The molecule has 2 aromatic carbocycles. The lowest BCUT2D eigenvalue weighted by molar-refractivity contribution is -0.137. The van der Waals surface area contributed by atoms with Crippen LogP contribution in [0.1, 0.15) is 24.8 Å². The summed E-state index contributed by atoms with van der Waals surface area (Å²) < 4.78 is 0. The first-order chi connectivity index (χ1) is 9.75. The Bertz CT molecular complexity index is 639. The summed E-state index contributed by atoms with van der Waals surface area (Å²) in [6.07, 6.45) is 9.74. The summed E-state index contributed by atoms with van der Waals surface area (Å²) in [6.45, 7) is 0. The van der Waals surface area contributed by atoms with Gasteiger partial charge in [0.05, 0.1) is 0 Å². The number of fused-ring (bicyclic) bond motifs is 1. The normalized spacial score (nSPS) is 11.6. The number of rotatable bonds is 6. The first kappa shape index (κ1) is 14.1. The van der Waals surface area contributed by atoms with Gasteiger partial charge in [-0.15, -0.1) is 0 Å². The summed E-state index contributed by atoms with van der Waals surface area (Å²) in [5.41, 5.74) is 1.17. The second kappa shape index (κ2) is 7.29. The molecule has 0 amide bonds. The van der Waals surface area contributed by atoms with E-state index in [1.54, 1.807) is 0 Å². The molecule has 0 aliphatic heterocycles. The van der Waals surface area contributed by atoms with Gasteiger partial charge in [-0.05, 0) is 35.2 Å². The van der Waals surface area contributed by atoms with Crippen molar-refractivity contribution in [3.63, 3.8) is 0 Å². The fraction of sp³-hybridized carbons (Fsp3) is 0.167. The van der Waals surface area contributed by atoms with Crippen molar-refractivity contribution in [1.29, 1.82) is 0 Å². The Hall–Kier alpha value is -2.35. The van der Waals surface area contributed by atoms with Crippen molar-refractivity contribution < 1.29 is 9.90 Å². The number of allylic oxidation sites excluding steroid dienone is 3. The minimum Gasteiger partial charge on any atom is -0.481 e. The highest BCUT2D eigenvalue weighted by Gasteiger charge is 1.93. The monoisotopic (exact) mass is 266 g/mol. The Balaban J connectivity index is 1.89. The summed E-state index contributed by atoms with van der Waals surface area (Å²) >= 11 is 0. The van der Waals surface area contributed by atoms with Crippen LogP contribution in [0.3, 0.4) is 0 Å². The van der Waals surface area contributed by atoms with Crippen LogP contribution in [0.5, 0.6) is 0 Å². The van der Waals surface area contributed by atoms with Crippen LogP contribution in [0, 0.1) is 0 Å². The maximum Gasteiger partial charge on any atom is 0.303 e. The van der Waals surface area contributed by atoms with Gasteiger partial charge in [0.25, 0.3) is 0 Å². The van der Waals surface area contributed by atoms with Gasteiger partial charge in [0, 0.05) is 6.42 Å². The molecule has 20 heavy (non-hydrogen) atoms. The van der Waals surface area contributed by atoms with E-state index in [9.17, 15) is 4.79 Å². The van der Waals surface area contributed by atoms with Gasteiger partial charge in [0.2, 0.25) is 0 Å². The van der Waals surface area contributed by atoms with Gasteiger partial charge in [-0.25, -0.2) is 0 Å². The van der Waals surface area contributed by atoms with Crippen LogP contribution >= 0.6 is 0 Å². The third-order valence-corrected chi connectivity index (χ3v) is 3.07. The van der Waals surface area contributed by atoms with E-state index in [0.717, 1.165) is 6.42 Å². The fourth-order valence-electron chi connectivity index (χ4n) is 2.02. The van der Waals surface area contributed by atoms with Crippen molar-refractivity contribution in [3.05, 3.63) is 66.3 Å². The zero-order valence-electron chi connectivity index (χ0n) is 11.3. The molecule has 1 N–H and O–H groups in total. The molecule has 0 aromatic heterocycles. The lowest BCUT2D eigenvalue weighted by Crippen LogP contribution is -1.92. The lowest BCUT2D eigenvalue weighted by Gasteiger charge is -1.98. The van der Waals surface area contributed by atoms with E-state index in [1.807, 2.05) is 30.4 Å². The zero-order chi connectivity index (χ0) is 14.2.